The molecule has 1 aromatic rings. The van der Waals surface area contributed by atoms with E-state index in [-0.39, 0.29) is 0 Å². The van der Waals surface area contributed by atoms with Crippen molar-refractivity contribution in [2.45, 2.75) is 13.3 Å². The summed E-state index contributed by atoms with van der Waals surface area (Å²) >= 11 is 3.31. The molecular formula is C9H8BrN. The van der Waals surface area contributed by atoms with Gasteiger partial charge in [-0.15, -0.1) is 0 Å². The van der Waals surface area contributed by atoms with Crippen molar-refractivity contribution in [3.63, 3.8) is 0 Å². The first-order valence-electron chi connectivity index (χ1n) is 3.43. The standard InChI is InChI=1S/C9H8BrN/c1-3-7-4-5-8(10)9(6-7)11-2/h4-6H,3H2,1H3. The number of nitrogens with zero attached hydrogens (tertiary/aromatic N) is 1. The molecule has 0 aliphatic heterocycles. The van der Waals surface area contributed by atoms with Crippen molar-refractivity contribution < 1.29 is 0 Å². The SMILES string of the molecule is [C-]#[N+]c1cc(CC)ccc1Br. The Labute approximate surface area is 75.0 Å². The molecule has 0 bridgehead atoms. The highest BCUT2D eigenvalue weighted by molar-refractivity contribution is 9.10. The topological polar surface area (TPSA) is 4.36 Å². The molecule has 1 aromatic carbocycles. The Bertz CT molecular complexity index is 299. The quantitative estimate of drug-likeness (QED) is 0.624. The van der Waals surface area contributed by atoms with Crippen LogP contribution in [0, 0.1) is 6.57 Å². The molecule has 0 N–H and O–H groups in total. The third kappa shape index (κ3) is 1.81. The molecule has 0 saturated heterocycles. The molecule has 0 saturated carbocycles. The van der Waals surface area contributed by atoms with Crippen LogP contribution in [-0.4, -0.2) is 0 Å². The number of hydrogen-bond donors (Lipinski definition) is 0. The smallest absolute Gasteiger partial charge is 0.201 e. The van der Waals surface area contributed by atoms with E-state index in [9.17, 15) is 0 Å². The molecule has 0 radical (unpaired) electrons. The summed E-state index contributed by atoms with van der Waals surface area (Å²) in [6.45, 7) is 8.93. The summed E-state index contributed by atoms with van der Waals surface area (Å²) in [7, 11) is 0. The van der Waals surface area contributed by atoms with E-state index in [1.165, 1.54) is 5.56 Å². The zero-order valence-corrected chi connectivity index (χ0v) is 7.85. The van der Waals surface area contributed by atoms with Crippen molar-refractivity contribution in [1.82, 2.24) is 0 Å². The lowest BCUT2D eigenvalue weighted by Crippen LogP contribution is -1.77. The van der Waals surface area contributed by atoms with Crippen LogP contribution < -0.4 is 0 Å². The van der Waals surface area contributed by atoms with E-state index in [4.69, 9.17) is 6.57 Å². The Morgan fingerprint density at radius 3 is 2.82 bits per heavy atom. The zero-order chi connectivity index (χ0) is 8.27. The van der Waals surface area contributed by atoms with Crippen LogP contribution in [0.2, 0.25) is 0 Å². The number of hydrogen-bond acceptors (Lipinski definition) is 0. The minimum atomic E-state index is 0.698. The fourth-order valence-electron chi connectivity index (χ4n) is 0.864. The molecule has 11 heavy (non-hydrogen) atoms. The lowest BCUT2D eigenvalue weighted by Gasteiger charge is -1.98. The van der Waals surface area contributed by atoms with Gasteiger partial charge < -0.3 is 0 Å². The van der Waals surface area contributed by atoms with Crippen LogP contribution in [0.5, 0.6) is 0 Å². The third-order valence-electron chi connectivity index (χ3n) is 1.54. The Morgan fingerprint density at radius 1 is 1.55 bits per heavy atom. The average molecular weight is 210 g/mol. The van der Waals surface area contributed by atoms with E-state index < -0.39 is 0 Å². The van der Waals surface area contributed by atoms with Gasteiger partial charge in [-0.2, -0.15) is 0 Å². The molecule has 0 aliphatic carbocycles. The summed E-state index contributed by atoms with van der Waals surface area (Å²) in [5.41, 5.74) is 1.91. The zero-order valence-electron chi connectivity index (χ0n) is 6.26. The predicted molar refractivity (Wildman–Crippen MR) is 49.8 cm³/mol. The first kappa shape index (κ1) is 8.29. The summed E-state index contributed by atoms with van der Waals surface area (Å²) in [4.78, 5) is 3.38. The van der Waals surface area contributed by atoms with E-state index >= 15 is 0 Å². The van der Waals surface area contributed by atoms with Gasteiger partial charge in [0, 0.05) is 4.47 Å². The van der Waals surface area contributed by atoms with Gasteiger partial charge in [-0.05, 0) is 6.42 Å². The summed E-state index contributed by atoms with van der Waals surface area (Å²) in [5, 5.41) is 0. The van der Waals surface area contributed by atoms with Crippen LogP contribution in [0.25, 0.3) is 4.85 Å². The van der Waals surface area contributed by atoms with E-state index in [1.807, 2.05) is 18.2 Å². The Balaban J connectivity index is 3.15. The summed E-state index contributed by atoms with van der Waals surface area (Å²) < 4.78 is 0.879. The molecule has 1 nitrogen and oxygen atoms in total. The highest BCUT2D eigenvalue weighted by Crippen LogP contribution is 2.26. The molecule has 2 heteroatoms. The monoisotopic (exact) mass is 209 g/mol. The van der Waals surface area contributed by atoms with Crippen LogP contribution in [0.3, 0.4) is 0 Å². The summed E-state index contributed by atoms with van der Waals surface area (Å²) in [6, 6.07) is 5.86. The molecule has 0 spiro atoms. The average Bonchev–Trinajstić information content (AvgIpc) is 2.05. The summed E-state index contributed by atoms with van der Waals surface area (Å²) in [6.07, 6.45) is 0.982. The van der Waals surface area contributed by atoms with Crippen molar-refractivity contribution in [2.75, 3.05) is 0 Å². The number of halogens is 1. The van der Waals surface area contributed by atoms with Crippen LogP contribution in [-0.2, 0) is 6.42 Å². The maximum atomic E-state index is 6.85. The van der Waals surface area contributed by atoms with Gasteiger partial charge in [-0.1, -0.05) is 46.6 Å². The van der Waals surface area contributed by atoms with Gasteiger partial charge in [-0.3, -0.25) is 0 Å². The third-order valence-corrected chi connectivity index (χ3v) is 2.21. The Kier molecular flexibility index (Phi) is 2.67. The molecule has 1 rings (SSSR count). The van der Waals surface area contributed by atoms with Gasteiger partial charge in [0.2, 0.25) is 5.69 Å². The van der Waals surface area contributed by atoms with Crippen molar-refractivity contribution in [2.24, 2.45) is 0 Å². The fraction of sp³-hybridized carbons (Fsp3) is 0.222. The van der Waals surface area contributed by atoms with Crippen molar-refractivity contribution in [1.29, 1.82) is 0 Å². The minimum Gasteiger partial charge on any atom is -0.237 e. The summed E-state index contributed by atoms with van der Waals surface area (Å²) in [5.74, 6) is 0. The second-order valence-corrected chi connectivity index (χ2v) is 3.11. The first-order chi connectivity index (χ1) is 5.27. The van der Waals surface area contributed by atoms with Gasteiger partial charge in [0.1, 0.15) is 0 Å². The largest absolute Gasteiger partial charge is 0.237 e. The molecular weight excluding hydrogens is 202 g/mol. The lowest BCUT2D eigenvalue weighted by molar-refractivity contribution is 1.14. The van der Waals surface area contributed by atoms with Gasteiger partial charge in [0.15, 0.2) is 0 Å². The Morgan fingerprint density at radius 2 is 2.27 bits per heavy atom. The molecule has 0 fully saturated rings. The van der Waals surface area contributed by atoms with Gasteiger partial charge in [0.25, 0.3) is 0 Å². The molecule has 0 unspecified atom stereocenters. The van der Waals surface area contributed by atoms with Gasteiger partial charge >= 0.3 is 0 Å². The first-order valence-corrected chi connectivity index (χ1v) is 4.23. The van der Waals surface area contributed by atoms with Crippen LogP contribution >= 0.6 is 15.9 Å². The lowest BCUT2D eigenvalue weighted by atomic mass is 10.1. The van der Waals surface area contributed by atoms with Crippen LogP contribution in [0.15, 0.2) is 22.7 Å². The molecule has 56 valence electrons. The van der Waals surface area contributed by atoms with Crippen molar-refractivity contribution >= 4 is 21.6 Å². The molecule has 0 aliphatic rings. The molecule has 0 aromatic heterocycles. The number of aryl methyl sites for hydroxylation is 1. The van der Waals surface area contributed by atoms with Crippen LogP contribution in [0.1, 0.15) is 12.5 Å². The van der Waals surface area contributed by atoms with Crippen molar-refractivity contribution in [3.05, 3.63) is 39.7 Å². The van der Waals surface area contributed by atoms with E-state index in [0.29, 0.717) is 5.69 Å². The van der Waals surface area contributed by atoms with Gasteiger partial charge in [-0.25, -0.2) is 4.85 Å². The van der Waals surface area contributed by atoms with E-state index in [1.54, 1.807) is 0 Å². The second kappa shape index (κ2) is 3.54. The normalized spacial score (nSPS) is 9.18. The van der Waals surface area contributed by atoms with Crippen molar-refractivity contribution in [3.8, 4) is 0 Å². The number of rotatable bonds is 1. The highest BCUT2D eigenvalue weighted by Gasteiger charge is 1.98. The molecule has 0 heterocycles. The number of benzene rings is 1. The maximum Gasteiger partial charge on any atom is 0.201 e. The van der Waals surface area contributed by atoms with E-state index in [0.717, 1.165) is 10.9 Å². The molecule has 0 amide bonds. The second-order valence-electron chi connectivity index (χ2n) is 2.25. The van der Waals surface area contributed by atoms with Gasteiger partial charge in [0.05, 0.1) is 6.57 Å². The predicted octanol–water partition coefficient (Wildman–Crippen LogP) is 3.56. The minimum absolute atomic E-state index is 0.698. The highest BCUT2D eigenvalue weighted by atomic mass is 79.9. The van der Waals surface area contributed by atoms with Crippen LogP contribution in [0.4, 0.5) is 5.69 Å². The Hall–Kier alpha value is -0.810. The van der Waals surface area contributed by atoms with E-state index in [2.05, 4.69) is 27.7 Å². The fourth-order valence-corrected chi connectivity index (χ4v) is 1.20. The molecule has 0 atom stereocenters. The maximum absolute atomic E-state index is 6.85.